The first-order valence-corrected chi connectivity index (χ1v) is 5.54. The first-order chi connectivity index (χ1) is 6.63. The van der Waals surface area contributed by atoms with E-state index < -0.39 is 0 Å². The molecule has 1 amide bonds. The highest BCUT2D eigenvalue weighted by Crippen LogP contribution is 2.20. The van der Waals surface area contributed by atoms with Crippen molar-refractivity contribution in [2.24, 2.45) is 0 Å². The molecule has 0 aliphatic heterocycles. The fourth-order valence-corrected chi connectivity index (χ4v) is 1.72. The Kier molecular flexibility index (Phi) is 4.16. The van der Waals surface area contributed by atoms with Crippen LogP contribution in [0, 0.1) is 0 Å². The number of hydrogen-bond donors (Lipinski definition) is 1. The number of halogens is 1. The maximum absolute atomic E-state index is 11.5. The number of ether oxygens (including phenoxy) is 1. The first-order valence-electron chi connectivity index (χ1n) is 3.87. The van der Waals surface area contributed by atoms with E-state index in [1.54, 1.807) is 18.6 Å². The fourth-order valence-electron chi connectivity index (χ4n) is 0.808. The van der Waals surface area contributed by atoms with Gasteiger partial charge in [-0.2, -0.15) is 0 Å². The van der Waals surface area contributed by atoms with Gasteiger partial charge >= 0.3 is 0 Å². The van der Waals surface area contributed by atoms with Crippen LogP contribution in [-0.4, -0.2) is 19.6 Å². The second kappa shape index (κ2) is 5.17. The molecule has 76 valence electrons. The lowest BCUT2D eigenvalue weighted by Gasteiger charge is -2.00. The molecule has 0 fully saturated rings. The van der Waals surface area contributed by atoms with Gasteiger partial charge in [-0.1, -0.05) is 22.5 Å². The molecule has 1 N–H and O–H groups in total. The molecule has 1 aromatic heterocycles. The summed E-state index contributed by atoms with van der Waals surface area (Å²) >= 11 is 4.52. The van der Waals surface area contributed by atoms with Crippen molar-refractivity contribution in [1.82, 2.24) is 5.32 Å². The van der Waals surface area contributed by atoms with Crippen molar-refractivity contribution >= 4 is 33.2 Å². The lowest BCUT2D eigenvalue weighted by atomic mass is 10.4. The van der Waals surface area contributed by atoms with E-state index in [0.717, 1.165) is 4.48 Å². The zero-order chi connectivity index (χ0) is 10.6. The van der Waals surface area contributed by atoms with E-state index in [4.69, 9.17) is 4.74 Å². The summed E-state index contributed by atoms with van der Waals surface area (Å²) in [6.07, 6.45) is 0. The lowest BCUT2D eigenvalue weighted by molar-refractivity contribution is 0.0961. The molecule has 14 heavy (non-hydrogen) atoms. The van der Waals surface area contributed by atoms with Crippen molar-refractivity contribution in [3.8, 4) is 5.75 Å². The maximum Gasteiger partial charge on any atom is 0.261 e. The number of carbonyl (C=O) groups is 1. The zero-order valence-electron chi connectivity index (χ0n) is 7.67. The van der Waals surface area contributed by atoms with Crippen molar-refractivity contribution in [2.45, 2.75) is 0 Å². The topological polar surface area (TPSA) is 38.3 Å². The van der Waals surface area contributed by atoms with Crippen molar-refractivity contribution in [1.29, 1.82) is 0 Å². The zero-order valence-corrected chi connectivity index (χ0v) is 10.1. The van der Waals surface area contributed by atoms with Crippen LogP contribution in [0.1, 0.15) is 9.67 Å². The predicted molar refractivity (Wildman–Crippen MR) is 61.3 cm³/mol. The molecule has 0 unspecified atom stereocenters. The SMILES string of the molecule is C=C(Br)CNC(=O)c1cc(OC)cs1. The highest BCUT2D eigenvalue weighted by atomic mass is 79.9. The standard InChI is InChI=1S/C9H10BrNO2S/c1-6(10)4-11-9(12)8-3-7(13-2)5-14-8/h3,5H,1,4H2,2H3,(H,11,12). The minimum atomic E-state index is -0.112. The van der Waals surface area contributed by atoms with Gasteiger partial charge in [-0.3, -0.25) is 4.79 Å². The Hall–Kier alpha value is -0.810. The molecule has 0 saturated carbocycles. The van der Waals surface area contributed by atoms with Gasteiger partial charge in [0.1, 0.15) is 5.75 Å². The van der Waals surface area contributed by atoms with E-state index in [0.29, 0.717) is 17.2 Å². The summed E-state index contributed by atoms with van der Waals surface area (Å²) in [5, 5.41) is 4.49. The third-order valence-electron chi connectivity index (χ3n) is 1.48. The van der Waals surface area contributed by atoms with Crippen LogP contribution < -0.4 is 10.1 Å². The number of thiophene rings is 1. The van der Waals surface area contributed by atoms with Crippen LogP contribution in [0.25, 0.3) is 0 Å². The van der Waals surface area contributed by atoms with Crippen LogP contribution in [0.2, 0.25) is 0 Å². The van der Waals surface area contributed by atoms with Crippen LogP contribution >= 0.6 is 27.3 Å². The Bertz CT molecular complexity index is 348. The van der Waals surface area contributed by atoms with E-state index in [1.165, 1.54) is 11.3 Å². The highest BCUT2D eigenvalue weighted by molar-refractivity contribution is 9.11. The van der Waals surface area contributed by atoms with Crippen LogP contribution in [0.15, 0.2) is 22.5 Å². The average Bonchev–Trinajstić information content (AvgIpc) is 2.62. The van der Waals surface area contributed by atoms with Crippen LogP contribution in [0.3, 0.4) is 0 Å². The molecule has 3 nitrogen and oxygen atoms in total. The normalized spacial score (nSPS) is 9.57. The van der Waals surface area contributed by atoms with E-state index in [9.17, 15) is 4.79 Å². The summed E-state index contributed by atoms with van der Waals surface area (Å²) in [7, 11) is 1.57. The Morgan fingerprint density at radius 2 is 2.50 bits per heavy atom. The van der Waals surface area contributed by atoms with Crippen molar-refractivity contribution in [3.05, 3.63) is 27.4 Å². The lowest BCUT2D eigenvalue weighted by Crippen LogP contribution is -2.23. The minimum Gasteiger partial charge on any atom is -0.496 e. The molecule has 0 aliphatic rings. The molecule has 0 atom stereocenters. The van der Waals surface area contributed by atoms with Crippen LogP contribution in [0.4, 0.5) is 0 Å². The van der Waals surface area contributed by atoms with E-state index in [1.807, 2.05) is 0 Å². The van der Waals surface area contributed by atoms with Gasteiger partial charge in [0, 0.05) is 22.5 Å². The summed E-state index contributed by atoms with van der Waals surface area (Å²) in [5.41, 5.74) is 0. The number of nitrogens with one attached hydrogen (secondary N) is 1. The Labute approximate surface area is 94.9 Å². The largest absolute Gasteiger partial charge is 0.496 e. The van der Waals surface area contributed by atoms with Gasteiger partial charge in [0.15, 0.2) is 0 Å². The van der Waals surface area contributed by atoms with Gasteiger partial charge in [-0.15, -0.1) is 11.3 Å². The van der Waals surface area contributed by atoms with Gasteiger partial charge in [-0.05, 0) is 0 Å². The molecule has 1 heterocycles. The molecule has 1 rings (SSSR count). The average molecular weight is 276 g/mol. The van der Waals surface area contributed by atoms with Crippen LogP contribution in [-0.2, 0) is 0 Å². The molecular formula is C9H10BrNO2S. The molecule has 0 radical (unpaired) electrons. The van der Waals surface area contributed by atoms with Crippen molar-refractivity contribution < 1.29 is 9.53 Å². The van der Waals surface area contributed by atoms with Gasteiger partial charge in [0.05, 0.1) is 12.0 Å². The van der Waals surface area contributed by atoms with Gasteiger partial charge in [0.25, 0.3) is 5.91 Å². The van der Waals surface area contributed by atoms with Gasteiger partial charge in [0.2, 0.25) is 0 Å². The molecule has 0 saturated heterocycles. The summed E-state index contributed by atoms with van der Waals surface area (Å²) in [6, 6.07) is 1.71. The Morgan fingerprint density at radius 3 is 3.00 bits per heavy atom. The molecule has 5 heteroatoms. The van der Waals surface area contributed by atoms with Crippen LogP contribution in [0.5, 0.6) is 5.75 Å². The number of amides is 1. The Balaban J connectivity index is 2.56. The number of rotatable bonds is 4. The second-order valence-electron chi connectivity index (χ2n) is 2.55. The van der Waals surface area contributed by atoms with Crippen molar-refractivity contribution in [3.63, 3.8) is 0 Å². The number of carbonyl (C=O) groups excluding carboxylic acids is 1. The third kappa shape index (κ3) is 3.16. The molecule has 0 spiro atoms. The number of methoxy groups -OCH3 is 1. The molecule has 0 bridgehead atoms. The smallest absolute Gasteiger partial charge is 0.261 e. The molecular weight excluding hydrogens is 266 g/mol. The molecule has 0 aromatic carbocycles. The fraction of sp³-hybridized carbons (Fsp3) is 0.222. The maximum atomic E-state index is 11.5. The first kappa shape index (κ1) is 11.3. The van der Waals surface area contributed by atoms with Gasteiger partial charge < -0.3 is 10.1 Å². The number of hydrogen-bond acceptors (Lipinski definition) is 3. The highest BCUT2D eigenvalue weighted by Gasteiger charge is 2.08. The Morgan fingerprint density at radius 1 is 1.79 bits per heavy atom. The minimum absolute atomic E-state index is 0.112. The molecule has 0 aliphatic carbocycles. The summed E-state index contributed by atoms with van der Waals surface area (Å²) in [5.74, 6) is 0.594. The quantitative estimate of drug-likeness (QED) is 0.917. The van der Waals surface area contributed by atoms with E-state index in [-0.39, 0.29) is 5.91 Å². The summed E-state index contributed by atoms with van der Waals surface area (Å²) in [6.45, 7) is 4.05. The monoisotopic (exact) mass is 275 g/mol. The van der Waals surface area contributed by atoms with E-state index >= 15 is 0 Å². The summed E-state index contributed by atoms with van der Waals surface area (Å²) < 4.78 is 5.72. The molecule has 1 aromatic rings. The second-order valence-corrected chi connectivity index (χ2v) is 4.58. The summed E-state index contributed by atoms with van der Waals surface area (Å²) in [4.78, 5) is 12.1. The predicted octanol–water partition coefficient (Wildman–Crippen LogP) is 2.40. The van der Waals surface area contributed by atoms with E-state index in [2.05, 4.69) is 27.8 Å². The third-order valence-corrected chi connectivity index (χ3v) is 2.66. The van der Waals surface area contributed by atoms with Gasteiger partial charge in [-0.25, -0.2) is 0 Å². The van der Waals surface area contributed by atoms with Crippen molar-refractivity contribution in [2.75, 3.05) is 13.7 Å².